The molecule has 4 bridgehead atoms. The number of ketones is 2. The second-order valence-corrected chi connectivity index (χ2v) is 20.1. The van der Waals surface area contributed by atoms with Gasteiger partial charge in [0.1, 0.15) is 18.4 Å². The molecule has 0 aliphatic heterocycles. The number of carbonyl (C=O) groups is 2. The number of carbonyl (C=O) groups excluding carboxylic acids is 2. The molecular weight excluding hydrogens is 689 g/mol. The van der Waals surface area contributed by atoms with Gasteiger partial charge >= 0.3 is 0 Å². The number of aliphatic hydroxyl groups is 1. The van der Waals surface area contributed by atoms with Crippen LogP contribution in [0.1, 0.15) is 146 Å². The third-order valence-electron chi connectivity index (χ3n) is 18.0. The molecule has 16 atom stereocenters. The maximum Gasteiger partial charge on any atom is 0.146 e. The summed E-state index contributed by atoms with van der Waals surface area (Å²) in [5.74, 6) is 14.5. The van der Waals surface area contributed by atoms with Gasteiger partial charge in [-0.05, 0) is 113 Å². The normalized spacial score (nSPS) is 48.9. The molecule has 4 unspecified atom stereocenters. The van der Waals surface area contributed by atoms with Crippen LogP contribution < -0.4 is 0 Å². The van der Waals surface area contributed by atoms with Gasteiger partial charge in [-0.2, -0.15) is 0 Å². The standard InChI is InChI=1S/C25H40O4.C23H36O3/c1-8-9-12-23(4)15-20(29-16-27-6)24(5)17(2)10-13-25(18(3)22(23)26)14-11-19(28-7)21(24)25;1-7-8-11-21(4)14-18(24)22(5)15(2)9-12-23(16(3)20(21)25)13-10-17(26-6)19(22)23/h17-21H,10-16H2,1-7H3;15-19,24H,9-14H2,1-6H3/t17-,18+,19-,20-,21?,23-,24+,25?;15-,16+,17-,18-,19?,21-,22+,23?/m11/s1. The van der Waals surface area contributed by atoms with E-state index < -0.39 is 16.9 Å². The Morgan fingerprint density at radius 3 is 1.51 bits per heavy atom. The number of ether oxygens (including phenoxy) is 4. The van der Waals surface area contributed by atoms with Crippen molar-refractivity contribution in [1.82, 2.24) is 0 Å². The second-order valence-electron chi connectivity index (χ2n) is 20.1. The number of aliphatic hydroxyl groups excluding tert-OH is 1. The van der Waals surface area contributed by atoms with Gasteiger partial charge in [0.25, 0.3) is 0 Å². The van der Waals surface area contributed by atoms with Crippen LogP contribution in [0.2, 0.25) is 0 Å². The van der Waals surface area contributed by atoms with Gasteiger partial charge in [0.05, 0.1) is 24.4 Å². The third-order valence-corrected chi connectivity index (χ3v) is 18.0. The first-order chi connectivity index (χ1) is 25.9. The molecule has 0 aromatic rings. The van der Waals surface area contributed by atoms with Crippen LogP contribution in [0.25, 0.3) is 0 Å². The minimum atomic E-state index is -0.566. The molecule has 0 heterocycles. The van der Waals surface area contributed by atoms with E-state index in [9.17, 15) is 14.7 Å². The number of hydrogen-bond donors (Lipinski definition) is 1. The minimum Gasteiger partial charge on any atom is -0.393 e. The first-order valence-electron chi connectivity index (χ1n) is 21.6. The molecule has 6 saturated carbocycles. The fraction of sp³-hybridized carbons (Fsp3) is 0.875. The summed E-state index contributed by atoms with van der Waals surface area (Å²) in [7, 11) is 5.30. The second kappa shape index (κ2) is 16.5. The van der Waals surface area contributed by atoms with Crippen LogP contribution in [0.15, 0.2) is 0 Å². The van der Waals surface area contributed by atoms with E-state index in [-0.39, 0.29) is 64.5 Å². The van der Waals surface area contributed by atoms with Crippen LogP contribution in [-0.2, 0) is 28.5 Å². The van der Waals surface area contributed by atoms with Crippen molar-refractivity contribution in [2.75, 3.05) is 28.1 Å². The SMILES string of the molecule is CC#CC[C@]1(C)C[C@@H](O)[C@@]2(C)C3[C@H](OC)CCC3(CC[C@H]2C)[C@@H](C)C1=O.CC#CC[C@]1(C)C[C@@H](OCOC)[C@@]2(C)C3[C@H](OC)CCC3(CC[C@H]2C)[C@@H](C)C1=O. The Labute approximate surface area is 334 Å². The number of hydrogen-bond acceptors (Lipinski definition) is 7. The maximum absolute atomic E-state index is 14.0. The fourth-order valence-corrected chi connectivity index (χ4v) is 14.3. The van der Waals surface area contributed by atoms with Gasteiger partial charge in [-0.15, -0.1) is 23.7 Å². The molecule has 6 aliphatic rings. The molecule has 55 heavy (non-hydrogen) atoms. The smallest absolute Gasteiger partial charge is 0.146 e. The van der Waals surface area contributed by atoms with Crippen LogP contribution in [-0.4, -0.2) is 69.2 Å². The lowest BCUT2D eigenvalue weighted by Crippen LogP contribution is -2.62. The quantitative estimate of drug-likeness (QED) is 0.204. The number of rotatable bonds is 7. The van der Waals surface area contributed by atoms with Crippen molar-refractivity contribution in [1.29, 1.82) is 0 Å². The van der Waals surface area contributed by atoms with Crippen molar-refractivity contribution in [3.05, 3.63) is 0 Å². The highest BCUT2D eigenvalue weighted by molar-refractivity contribution is 5.88. The molecule has 310 valence electrons. The van der Waals surface area contributed by atoms with Gasteiger partial charge in [-0.25, -0.2) is 0 Å². The van der Waals surface area contributed by atoms with Crippen molar-refractivity contribution in [2.24, 2.45) is 68.0 Å². The number of methoxy groups -OCH3 is 3. The Bertz CT molecular complexity index is 1540. The van der Waals surface area contributed by atoms with Crippen molar-refractivity contribution < 1.29 is 33.6 Å². The minimum absolute atomic E-state index is 0.00405. The molecule has 0 aromatic carbocycles. The average molecular weight is 765 g/mol. The van der Waals surface area contributed by atoms with Crippen LogP contribution in [0, 0.1) is 91.7 Å². The molecule has 6 aliphatic carbocycles. The fourth-order valence-electron chi connectivity index (χ4n) is 14.3. The molecule has 6 fully saturated rings. The van der Waals surface area contributed by atoms with Crippen molar-refractivity contribution in [3.8, 4) is 23.7 Å². The molecule has 0 aromatic heterocycles. The van der Waals surface area contributed by atoms with E-state index >= 15 is 0 Å². The lowest BCUT2D eigenvalue weighted by atomic mass is 9.44. The monoisotopic (exact) mass is 765 g/mol. The zero-order valence-corrected chi connectivity index (χ0v) is 36.9. The van der Waals surface area contributed by atoms with Gasteiger partial charge in [0.2, 0.25) is 0 Å². The molecule has 1 N–H and O–H groups in total. The van der Waals surface area contributed by atoms with Crippen LogP contribution in [0.3, 0.4) is 0 Å². The summed E-state index contributed by atoms with van der Waals surface area (Å²) in [6, 6.07) is 0. The first kappa shape index (κ1) is 44.4. The van der Waals surface area contributed by atoms with Gasteiger partial charge in [-0.3, -0.25) is 9.59 Å². The molecule has 7 nitrogen and oxygen atoms in total. The lowest BCUT2D eigenvalue weighted by molar-refractivity contribution is -0.219. The Kier molecular flexibility index (Phi) is 13.3. The van der Waals surface area contributed by atoms with Crippen LogP contribution in [0.4, 0.5) is 0 Å². The predicted molar refractivity (Wildman–Crippen MR) is 218 cm³/mol. The van der Waals surface area contributed by atoms with Gasteiger partial charge < -0.3 is 24.1 Å². The van der Waals surface area contributed by atoms with Crippen LogP contribution in [0.5, 0.6) is 0 Å². The Morgan fingerprint density at radius 1 is 0.655 bits per heavy atom. The summed E-state index contributed by atoms with van der Waals surface area (Å²) in [6.45, 7) is 21.8. The van der Waals surface area contributed by atoms with E-state index in [1.165, 1.54) is 0 Å². The van der Waals surface area contributed by atoms with E-state index in [1.54, 1.807) is 14.2 Å². The highest BCUT2D eigenvalue weighted by Crippen LogP contribution is 2.70. The molecule has 0 saturated heterocycles. The topological polar surface area (TPSA) is 91.3 Å². The molecular formula is C48H76O7. The Balaban J connectivity index is 0.000000212. The van der Waals surface area contributed by atoms with E-state index in [4.69, 9.17) is 18.9 Å². The Morgan fingerprint density at radius 2 is 1.07 bits per heavy atom. The molecule has 0 spiro atoms. The van der Waals surface area contributed by atoms with Crippen molar-refractivity contribution in [2.45, 2.75) is 171 Å². The first-order valence-corrected chi connectivity index (χ1v) is 21.6. The molecule has 0 amide bonds. The van der Waals surface area contributed by atoms with Gasteiger partial charge in [0.15, 0.2) is 0 Å². The summed E-state index contributed by atoms with van der Waals surface area (Å²) in [5, 5.41) is 11.5. The van der Waals surface area contributed by atoms with Crippen molar-refractivity contribution in [3.63, 3.8) is 0 Å². The van der Waals surface area contributed by atoms with E-state index in [0.717, 1.165) is 51.4 Å². The lowest BCUT2D eigenvalue weighted by Gasteiger charge is -2.62. The summed E-state index contributed by atoms with van der Waals surface area (Å²) in [4.78, 5) is 27.6. The average Bonchev–Trinajstić information content (AvgIpc) is 3.77. The van der Waals surface area contributed by atoms with E-state index in [1.807, 2.05) is 27.9 Å². The molecule has 7 heteroatoms. The molecule has 0 radical (unpaired) electrons. The molecule has 6 rings (SSSR count). The predicted octanol–water partition coefficient (Wildman–Crippen LogP) is 9.08. The van der Waals surface area contributed by atoms with E-state index in [2.05, 4.69) is 72.1 Å². The highest BCUT2D eigenvalue weighted by Gasteiger charge is 2.69. The zero-order chi connectivity index (χ0) is 40.8. The summed E-state index contributed by atoms with van der Waals surface area (Å²) < 4.78 is 23.7. The number of Topliss-reactive ketones (excluding diaryl/α,β-unsaturated/α-hetero) is 2. The zero-order valence-electron chi connectivity index (χ0n) is 36.9. The Hall–Kier alpha value is -1.74. The highest BCUT2D eigenvalue weighted by atomic mass is 16.7. The van der Waals surface area contributed by atoms with Gasteiger partial charge in [-0.1, -0.05) is 55.4 Å². The van der Waals surface area contributed by atoms with Gasteiger partial charge in [0, 0.05) is 67.7 Å². The van der Waals surface area contributed by atoms with Crippen LogP contribution >= 0.6 is 0 Å². The third kappa shape index (κ3) is 6.91. The van der Waals surface area contributed by atoms with E-state index in [0.29, 0.717) is 55.0 Å². The summed E-state index contributed by atoms with van der Waals surface area (Å²) >= 11 is 0. The maximum atomic E-state index is 14.0. The largest absolute Gasteiger partial charge is 0.393 e. The summed E-state index contributed by atoms with van der Waals surface area (Å²) in [5.41, 5.74) is -1.39. The summed E-state index contributed by atoms with van der Waals surface area (Å²) in [6.07, 6.45) is 10.7. The van der Waals surface area contributed by atoms with Crippen molar-refractivity contribution >= 4 is 11.6 Å².